The lowest BCUT2D eigenvalue weighted by Gasteiger charge is -2.15. The average Bonchev–Trinajstić information content (AvgIpc) is 3.00. The second-order valence-electron chi connectivity index (χ2n) is 6.54. The van der Waals surface area contributed by atoms with Gasteiger partial charge in [0.05, 0.1) is 0 Å². The van der Waals surface area contributed by atoms with Crippen molar-refractivity contribution in [1.82, 2.24) is 0 Å². The molecule has 0 amide bonds. The Labute approximate surface area is 139 Å². The van der Waals surface area contributed by atoms with Gasteiger partial charge in [0.25, 0.3) is 0 Å². The highest BCUT2D eigenvalue weighted by Crippen LogP contribution is 2.44. The molecule has 3 rings (SSSR count). The topological polar surface area (TPSA) is 17.1 Å². The number of allylic oxidation sites excluding steroid dienone is 2. The molecule has 1 nitrogen and oxygen atoms in total. The molecule has 118 valence electrons. The summed E-state index contributed by atoms with van der Waals surface area (Å²) in [5.41, 5.74) is 7.59. The van der Waals surface area contributed by atoms with Crippen molar-refractivity contribution < 1.29 is 4.79 Å². The van der Waals surface area contributed by atoms with Gasteiger partial charge in [-0.3, -0.25) is 4.79 Å². The van der Waals surface area contributed by atoms with Crippen molar-refractivity contribution in [3.8, 4) is 0 Å². The van der Waals surface area contributed by atoms with Crippen molar-refractivity contribution in [2.45, 2.75) is 40.0 Å². The van der Waals surface area contributed by atoms with E-state index in [4.69, 9.17) is 0 Å². The Balaban J connectivity index is 2.13. The molecule has 0 N–H and O–H groups in total. The van der Waals surface area contributed by atoms with Crippen LogP contribution in [0.4, 0.5) is 0 Å². The van der Waals surface area contributed by atoms with Crippen LogP contribution in [0.5, 0.6) is 0 Å². The Hall–Kier alpha value is -2.15. The van der Waals surface area contributed by atoms with Crippen LogP contribution in [0.2, 0.25) is 0 Å². The molecule has 0 heterocycles. The Bertz CT molecular complexity index is 733. The monoisotopic (exact) mass is 304 g/mol. The van der Waals surface area contributed by atoms with Crippen LogP contribution in [0, 0.1) is 19.8 Å². The fourth-order valence-electron chi connectivity index (χ4n) is 3.51. The highest BCUT2D eigenvalue weighted by atomic mass is 16.1. The largest absolute Gasteiger partial charge is 0.299 e. The van der Waals surface area contributed by atoms with Crippen LogP contribution < -0.4 is 0 Å². The van der Waals surface area contributed by atoms with E-state index in [1.165, 1.54) is 33.4 Å². The third-order valence-corrected chi connectivity index (χ3v) is 4.86. The summed E-state index contributed by atoms with van der Waals surface area (Å²) in [5.74, 6) is 0.418. The smallest absolute Gasteiger partial charge is 0.140 e. The van der Waals surface area contributed by atoms with Gasteiger partial charge >= 0.3 is 0 Å². The summed E-state index contributed by atoms with van der Waals surface area (Å²) in [7, 11) is 0. The standard InChI is InChI=1S/C22H24O/c1-4-21(23)20-14-13-19(17-9-5-15(2)6-10-17)22(20)18-11-7-16(3)8-12-18/h5-12,20H,4,13-14H2,1-3H3. The quantitative estimate of drug-likeness (QED) is 0.718. The predicted octanol–water partition coefficient (Wildman–Crippen LogP) is 5.60. The summed E-state index contributed by atoms with van der Waals surface area (Å²) < 4.78 is 0. The first-order valence-electron chi connectivity index (χ1n) is 8.50. The summed E-state index contributed by atoms with van der Waals surface area (Å²) in [6.45, 7) is 6.18. The summed E-state index contributed by atoms with van der Waals surface area (Å²) in [6, 6.07) is 17.3. The molecule has 1 aliphatic carbocycles. The molecule has 0 saturated heterocycles. The van der Waals surface area contributed by atoms with Gasteiger partial charge in [0.2, 0.25) is 0 Å². The van der Waals surface area contributed by atoms with E-state index in [2.05, 4.69) is 62.4 Å². The number of Topliss-reactive ketones (excluding diaryl/α,β-unsaturated/α-hetero) is 1. The van der Waals surface area contributed by atoms with E-state index in [9.17, 15) is 4.79 Å². The first-order chi connectivity index (χ1) is 11.1. The fraction of sp³-hybridized carbons (Fsp3) is 0.318. The maximum atomic E-state index is 12.5. The Kier molecular flexibility index (Phi) is 4.47. The molecule has 23 heavy (non-hydrogen) atoms. The van der Waals surface area contributed by atoms with E-state index in [1.807, 2.05) is 6.92 Å². The molecule has 1 unspecified atom stereocenters. The van der Waals surface area contributed by atoms with Crippen LogP contribution in [0.15, 0.2) is 48.5 Å². The third-order valence-electron chi connectivity index (χ3n) is 4.86. The summed E-state index contributed by atoms with van der Waals surface area (Å²) in [4.78, 5) is 12.5. The van der Waals surface area contributed by atoms with Gasteiger partial charge in [-0.1, -0.05) is 66.6 Å². The average molecular weight is 304 g/mol. The zero-order valence-corrected chi connectivity index (χ0v) is 14.2. The summed E-state index contributed by atoms with van der Waals surface area (Å²) in [6.07, 6.45) is 2.54. The van der Waals surface area contributed by atoms with Crippen molar-refractivity contribution in [1.29, 1.82) is 0 Å². The number of hydrogen-bond acceptors (Lipinski definition) is 1. The van der Waals surface area contributed by atoms with Crippen molar-refractivity contribution in [2.75, 3.05) is 0 Å². The zero-order chi connectivity index (χ0) is 16.4. The molecule has 0 aromatic heterocycles. The Morgan fingerprint density at radius 3 is 1.96 bits per heavy atom. The van der Waals surface area contributed by atoms with Gasteiger partial charge < -0.3 is 0 Å². The molecule has 1 atom stereocenters. The minimum Gasteiger partial charge on any atom is -0.299 e. The van der Waals surface area contributed by atoms with Crippen LogP contribution in [0.3, 0.4) is 0 Å². The third kappa shape index (κ3) is 3.14. The molecule has 0 saturated carbocycles. The summed E-state index contributed by atoms with van der Waals surface area (Å²) in [5, 5.41) is 0. The molecular weight excluding hydrogens is 280 g/mol. The van der Waals surface area contributed by atoms with Crippen LogP contribution >= 0.6 is 0 Å². The van der Waals surface area contributed by atoms with Crippen molar-refractivity contribution in [3.63, 3.8) is 0 Å². The van der Waals surface area contributed by atoms with Crippen molar-refractivity contribution in [2.24, 2.45) is 5.92 Å². The van der Waals surface area contributed by atoms with Crippen LogP contribution in [-0.2, 0) is 4.79 Å². The van der Waals surface area contributed by atoms with Gasteiger partial charge in [0.1, 0.15) is 5.78 Å². The molecule has 0 radical (unpaired) electrons. The zero-order valence-electron chi connectivity index (χ0n) is 14.2. The van der Waals surface area contributed by atoms with Gasteiger partial charge in [0.15, 0.2) is 0 Å². The SMILES string of the molecule is CCC(=O)C1CCC(c2ccc(C)cc2)=C1c1ccc(C)cc1. The first-order valence-corrected chi connectivity index (χ1v) is 8.50. The van der Waals surface area contributed by atoms with Gasteiger partial charge in [0, 0.05) is 12.3 Å². The van der Waals surface area contributed by atoms with Crippen molar-refractivity contribution >= 4 is 16.9 Å². The molecule has 0 bridgehead atoms. The second kappa shape index (κ2) is 6.54. The number of carbonyl (C=O) groups excluding carboxylic acids is 1. The minimum absolute atomic E-state index is 0.0546. The van der Waals surface area contributed by atoms with Gasteiger partial charge in [-0.2, -0.15) is 0 Å². The van der Waals surface area contributed by atoms with Gasteiger partial charge in [-0.25, -0.2) is 0 Å². The highest BCUT2D eigenvalue weighted by molar-refractivity contribution is 6.04. The van der Waals surface area contributed by atoms with E-state index < -0.39 is 0 Å². The number of carbonyl (C=O) groups is 1. The van der Waals surface area contributed by atoms with E-state index in [0.717, 1.165) is 12.8 Å². The van der Waals surface area contributed by atoms with Crippen LogP contribution in [0.25, 0.3) is 11.1 Å². The van der Waals surface area contributed by atoms with E-state index >= 15 is 0 Å². The van der Waals surface area contributed by atoms with Crippen LogP contribution in [0.1, 0.15) is 48.4 Å². The minimum atomic E-state index is 0.0546. The molecule has 0 aliphatic heterocycles. The number of hydrogen-bond donors (Lipinski definition) is 0. The number of benzene rings is 2. The molecule has 1 heteroatoms. The van der Waals surface area contributed by atoms with Crippen molar-refractivity contribution in [3.05, 3.63) is 70.8 Å². The molecule has 0 fully saturated rings. The number of ketones is 1. The Morgan fingerprint density at radius 2 is 1.43 bits per heavy atom. The predicted molar refractivity (Wildman–Crippen MR) is 97.2 cm³/mol. The Morgan fingerprint density at radius 1 is 0.913 bits per heavy atom. The number of rotatable bonds is 4. The molecule has 2 aromatic rings. The first kappa shape index (κ1) is 15.7. The molecular formula is C22H24O. The number of aryl methyl sites for hydroxylation is 2. The maximum absolute atomic E-state index is 12.5. The van der Waals surface area contributed by atoms with Crippen LogP contribution in [-0.4, -0.2) is 5.78 Å². The lowest BCUT2D eigenvalue weighted by molar-refractivity contribution is -0.120. The van der Waals surface area contributed by atoms with E-state index in [0.29, 0.717) is 12.2 Å². The lowest BCUT2D eigenvalue weighted by atomic mass is 9.88. The maximum Gasteiger partial charge on any atom is 0.140 e. The van der Waals surface area contributed by atoms with E-state index in [-0.39, 0.29) is 5.92 Å². The van der Waals surface area contributed by atoms with E-state index in [1.54, 1.807) is 0 Å². The summed E-state index contributed by atoms with van der Waals surface area (Å²) >= 11 is 0. The molecule has 2 aromatic carbocycles. The second-order valence-corrected chi connectivity index (χ2v) is 6.54. The molecule has 0 spiro atoms. The van der Waals surface area contributed by atoms with Gasteiger partial charge in [-0.15, -0.1) is 0 Å². The lowest BCUT2D eigenvalue weighted by Crippen LogP contribution is -2.12. The highest BCUT2D eigenvalue weighted by Gasteiger charge is 2.31. The fourth-order valence-corrected chi connectivity index (χ4v) is 3.51. The molecule has 1 aliphatic rings. The van der Waals surface area contributed by atoms with Gasteiger partial charge in [-0.05, 0) is 49.0 Å². The normalized spacial score (nSPS) is 17.6.